The van der Waals surface area contributed by atoms with Crippen molar-refractivity contribution in [2.45, 2.75) is 27.7 Å². The van der Waals surface area contributed by atoms with Gasteiger partial charge in [-0.15, -0.1) is 0 Å². The highest BCUT2D eigenvalue weighted by atomic mass is 16.5. The van der Waals surface area contributed by atoms with Crippen LogP contribution in [0.1, 0.15) is 22.3 Å². The summed E-state index contributed by atoms with van der Waals surface area (Å²) in [6, 6.07) is 10.9. The quantitative estimate of drug-likeness (QED) is 0.485. The summed E-state index contributed by atoms with van der Waals surface area (Å²) < 4.78 is 10.5. The molecule has 2 rings (SSSR count). The maximum atomic E-state index is 11.8. The zero-order valence-electron chi connectivity index (χ0n) is 14.3. The largest absolute Gasteiger partial charge is 0.423 e. The first-order valence-corrected chi connectivity index (χ1v) is 7.62. The van der Waals surface area contributed by atoms with E-state index in [4.69, 9.17) is 9.47 Å². The molecule has 0 radical (unpaired) electrons. The molecular weight excluding hydrogens is 304 g/mol. The Labute approximate surface area is 141 Å². The van der Waals surface area contributed by atoms with Crippen LogP contribution in [0.2, 0.25) is 0 Å². The molecule has 0 atom stereocenters. The van der Waals surface area contributed by atoms with Crippen molar-refractivity contribution in [1.29, 1.82) is 0 Å². The first kappa shape index (κ1) is 17.5. The Hall–Kier alpha value is -2.88. The lowest BCUT2D eigenvalue weighted by Gasteiger charge is -2.08. The predicted molar refractivity (Wildman–Crippen MR) is 92.2 cm³/mol. The second kappa shape index (κ2) is 7.59. The average Bonchev–Trinajstić information content (AvgIpc) is 2.54. The topological polar surface area (TPSA) is 52.6 Å². The summed E-state index contributed by atoms with van der Waals surface area (Å²) in [6.45, 7) is 7.61. The van der Waals surface area contributed by atoms with Crippen molar-refractivity contribution in [2.24, 2.45) is 0 Å². The van der Waals surface area contributed by atoms with Gasteiger partial charge in [-0.25, -0.2) is 9.59 Å². The molecule has 0 spiro atoms. The molecule has 0 bridgehead atoms. The molecule has 0 heterocycles. The molecule has 0 aliphatic rings. The van der Waals surface area contributed by atoms with Crippen LogP contribution in [0.15, 0.2) is 48.6 Å². The molecular formula is C20H20O4. The Bertz CT molecular complexity index is 736. The van der Waals surface area contributed by atoms with E-state index in [1.165, 1.54) is 0 Å². The molecule has 24 heavy (non-hydrogen) atoms. The van der Waals surface area contributed by atoms with Crippen LogP contribution in [0, 0.1) is 27.7 Å². The van der Waals surface area contributed by atoms with E-state index in [0.717, 1.165) is 34.4 Å². The van der Waals surface area contributed by atoms with Gasteiger partial charge in [0.15, 0.2) is 0 Å². The van der Waals surface area contributed by atoms with Crippen LogP contribution in [-0.2, 0) is 9.59 Å². The zero-order valence-corrected chi connectivity index (χ0v) is 14.3. The van der Waals surface area contributed by atoms with Crippen molar-refractivity contribution in [2.75, 3.05) is 0 Å². The molecule has 0 amide bonds. The van der Waals surface area contributed by atoms with Crippen molar-refractivity contribution in [3.63, 3.8) is 0 Å². The molecule has 0 saturated heterocycles. The molecule has 2 aromatic rings. The van der Waals surface area contributed by atoms with Gasteiger partial charge in [0.25, 0.3) is 0 Å². The number of carbonyl (C=O) groups is 2. The molecule has 2 aromatic carbocycles. The number of carbonyl (C=O) groups excluding carboxylic acids is 2. The normalized spacial score (nSPS) is 10.7. The summed E-state index contributed by atoms with van der Waals surface area (Å²) in [5.74, 6) is -0.289. The summed E-state index contributed by atoms with van der Waals surface area (Å²) >= 11 is 0. The van der Waals surface area contributed by atoms with Crippen molar-refractivity contribution in [3.05, 3.63) is 70.8 Å². The van der Waals surface area contributed by atoms with Gasteiger partial charge in [-0.2, -0.15) is 0 Å². The van der Waals surface area contributed by atoms with Crippen LogP contribution in [-0.4, -0.2) is 11.9 Å². The van der Waals surface area contributed by atoms with Crippen LogP contribution >= 0.6 is 0 Å². The molecule has 0 aliphatic heterocycles. The van der Waals surface area contributed by atoms with Crippen molar-refractivity contribution in [1.82, 2.24) is 0 Å². The molecule has 0 fully saturated rings. The third-order valence-electron chi connectivity index (χ3n) is 3.89. The summed E-state index contributed by atoms with van der Waals surface area (Å²) in [5, 5.41) is 0. The standard InChI is InChI=1S/C20H20O4/c1-13-7-5-9-17(15(13)3)23-19(21)11-12-20(22)24-18-10-6-8-14(2)16(18)4/h5-12H,1-4H3/b12-11+. The lowest BCUT2D eigenvalue weighted by Crippen LogP contribution is -2.09. The minimum Gasteiger partial charge on any atom is -0.423 e. The first-order chi connectivity index (χ1) is 11.4. The second-order valence-electron chi connectivity index (χ2n) is 5.57. The van der Waals surface area contributed by atoms with E-state index < -0.39 is 11.9 Å². The van der Waals surface area contributed by atoms with Gasteiger partial charge in [0, 0.05) is 12.2 Å². The van der Waals surface area contributed by atoms with Crippen molar-refractivity contribution in [3.8, 4) is 11.5 Å². The molecule has 4 heteroatoms. The fraction of sp³-hybridized carbons (Fsp3) is 0.200. The van der Waals surface area contributed by atoms with E-state index in [2.05, 4.69) is 0 Å². The predicted octanol–water partition coefficient (Wildman–Crippen LogP) is 3.99. The van der Waals surface area contributed by atoms with Crippen LogP contribution in [0.25, 0.3) is 0 Å². The van der Waals surface area contributed by atoms with Crippen LogP contribution in [0.4, 0.5) is 0 Å². The maximum Gasteiger partial charge on any atom is 0.336 e. The molecule has 0 N–H and O–H groups in total. The fourth-order valence-electron chi connectivity index (χ4n) is 2.09. The Balaban J connectivity index is 1.99. The molecule has 4 nitrogen and oxygen atoms in total. The lowest BCUT2D eigenvalue weighted by atomic mass is 10.1. The first-order valence-electron chi connectivity index (χ1n) is 7.62. The van der Waals surface area contributed by atoms with E-state index in [0.29, 0.717) is 11.5 Å². The molecule has 0 saturated carbocycles. The lowest BCUT2D eigenvalue weighted by molar-refractivity contribution is -0.131. The monoisotopic (exact) mass is 324 g/mol. The number of esters is 2. The fourth-order valence-corrected chi connectivity index (χ4v) is 2.09. The van der Waals surface area contributed by atoms with Gasteiger partial charge in [0.1, 0.15) is 11.5 Å². The average molecular weight is 324 g/mol. The van der Waals surface area contributed by atoms with Gasteiger partial charge < -0.3 is 9.47 Å². The summed E-state index contributed by atoms with van der Waals surface area (Å²) in [6.07, 6.45) is 2.13. The number of rotatable bonds is 4. The minimum atomic E-state index is -0.624. The SMILES string of the molecule is Cc1cccc(OC(=O)/C=C/C(=O)Oc2cccc(C)c2C)c1C. The van der Waals surface area contributed by atoms with Crippen molar-refractivity contribution < 1.29 is 19.1 Å². The molecule has 0 aromatic heterocycles. The third kappa shape index (κ3) is 4.32. The highest BCUT2D eigenvalue weighted by molar-refractivity contribution is 5.93. The van der Waals surface area contributed by atoms with Crippen LogP contribution in [0.5, 0.6) is 11.5 Å². The van der Waals surface area contributed by atoms with Gasteiger partial charge in [-0.3, -0.25) is 0 Å². The second-order valence-corrected chi connectivity index (χ2v) is 5.57. The van der Waals surface area contributed by atoms with Gasteiger partial charge >= 0.3 is 11.9 Å². The van der Waals surface area contributed by atoms with E-state index in [-0.39, 0.29) is 0 Å². The highest BCUT2D eigenvalue weighted by Gasteiger charge is 2.08. The number of ether oxygens (including phenoxy) is 2. The van der Waals surface area contributed by atoms with E-state index in [1.54, 1.807) is 12.1 Å². The Kier molecular flexibility index (Phi) is 5.53. The van der Waals surface area contributed by atoms with E-state index in [9.17, 15) is 9.59 Å². The smallest absolute Gasteiger partial charge is 0.336 e. The number of aryl methyl sites for hydroxylation is 2. The van der Waals surface area contributed by atoms with Crippen LogP contribution < -0.4 is 9.47 Å². The van der Waals surface area contributed by atoms with Crippen LogP contribution in [0.3, 0.4) is 0 Å². The zero-order chi connectivity index (χ0) is 17.7. The molecule has 124 valence electrons. The van der Waals surface area contributed by atoms with Gasteiger partial charge in [0.2, 0.25) is 0 Å². The Morgan fingerprint density at radius 2 is 1.08 bits per heavy atom. The van der Waals surface area contributed by atoms with Gasteiger partial charge in [-0.05, 0) is 62.1 Å². The summed E-state index contributed by atoms with van der Waals surface area (Å²) in [5.41, 5.74) is 3.83. The Morgan fingerprint density at radius 3 is 1.46 bits per heavy atom. The van der Waals surface area contributed by atoms with E-state index >= 15 is 0 Å². The van der Waals surface area contributed by atoms with Gasteiger partial charge in [0.05, 0.1) is 0 Å². The third-order valence-corrected chi connectivity index (χ3v) is 3.89. The molecule has 0 unspecified atom stereocenters. The summed E-state index contributed by atoms with van der Waals surface area (Å²) in [4.78, 5) is 23.7. The number of hydrogen-bond acceptors (Lipinski definition) is 4. The number of hydrogen-bond donors (Lipinski definition) is 0. The molecule has 0 aliphatic carbocycles. The van der Waals surface area contributed by atoms with Crippen molar-refractivity contribution >= 4 is 11.9 Å². The highest BCUT2D eigenvalue weighted by Crippen LogP contribution is 2.21. The van der Waals surface area contributed by atoms with Gasteiger partial charge in [-0.1, -0.05) is 24.3 Å². The number of benzene rings is 2. The minimum absolute atomic E-state index is 0.479. The maximum absolute atomic E-state index is 11.8. The summed E-state index contributed by atoms with van der Waals surface area (Å²) in [7, 11) is 0. The Morgan fingerprint density at radius 1 is 0.708 bits per heavy atom. The van der Waals surface area contributed by atoms with E-state index in [1.807, 2.05) is 52.0 Å².